The first kappa shape index (κ1) is 12.5. The number of primary sulfonamides is 1. The topological polar surface area (TPSA) is 78.6 Å². The number of ether oxygens (including phenoxy) is 2. The van der Waals surface area contributed by atoms with Crippen LogP contribution in [-0.2, 0) is 10.0 Å². The Hall–Kier alpha value is -1.53. The first-order valence-corrected chi connectivity index (χ1v) is 5.90. The molecular weight excluding hydrogens is 230 g/mol. The first-order valence-electron chi connectivity index (χ1n) is 4.35. The quantitative estimate of drug-likeness (QED) is 0.855. The van der Waals surface area contributed by atoms with E-state index < -0.39 is 10.0 Å². The molecule has 1 aromatic rings. The van der Waals surface area contributed by atoms with E-state index in [4.69, 9.17) is 14.6 Å². The maximum atomic E-state index is 11.3. The van der Waals surface area contributed by atoms with Crippen LogP contribution in [-0.4, -0.2) is 22.6 Å². The Labute approximate surface area is 94.5 Å². The van der Waals surface area contributed by atoms with Crippen molar-refractivity contribution >= 4 is 16.1 Å². The van der Waals surface area contributed by atoms with Crippen LogP contribution in [0.3, 0.4) is 0 Å². The highest BCUT2D eigenvalue weighted by Gasteiger charge is 2.18. The number of hydrogen-bond donors (Lipinski definition) is 1. The number of benzene rings is 1. The Kier molecular flexibility index (Phi) is 3.56. The Morgan fingerprint density at radius 2 is 1.81 bits per heavy atom. The van der Waals surface area contributed by atoms with Crippen molar-refractivity contribution in [3.8, 4) is 11.5 Å². The Morgan fingerprint density at radius 3 is 2.19 bits per heavy atom. The van der Waals surface area contributed by atoms with Crippen molar-refractivity contribution in [2.45, 2.75) is 4.90 Å². The van der Waals surface area contributed by atoms with Gasteiger partial charge in [-0.3, -0.25) is 0 Å². The molecule has 0 amide bonds. The fourth-order valence-electron chi connectivity index (χ4n) is 1.28. The van der Waals surface area contributed by atoms with Crippen LogP contribution in [0.1, 0.15) is 5.56 Å². The lowest BCUT2D eigenvalue weighted by molar-refractivity contribution is 0.391. The molecule has 6 heteroatoms. The molecule has 88 valence electrons. The number of methoxy groups -OCH3 is 2. The summed E-state index contributed by atoms with van der Waals surface area (Å²) >= 11 is 0. The molecule has 0 spiro atoms. The van der Waals surface area contributed by atoms with E-state index >= 15 is 0 Å². The number of hydrogen-bond acceptors (Lipinski definition) is 4. The van der Waals surface area contributed by atoms with Crippen molar-refractivity contribution in [3.05, 3.63) is 24.3 Å². The van der Waals surface area contributed by atoms with Crippen molar-refractivity contribution < 1.29 is 17.9 Å². The van der Waals surface area contributed by atoms with Crippen molar-refractivity contribution in [2.24, 2.45) is 5.14 Å². The molecule has 0 fully saturated rings. The van der Waals surface area contributed by atoms with Gasteiger partial charge in [-0.1, -0.05) is 12.7 Å². The number of rotatable bonds is 4. The second-order valence-corrected chi connectivity index (χ2v) is 4.52. The predicted octanol–water partition coefficient (Wildman–Crippen LogP) is 0.994. The minimum atomic E-state index is -3.84. The highest BCUT2D eigenvalue weighted by molar-refractivity contribution is 7.89. The van der Waals surface area contributed by atoms with Gasteiger partial charge in [0.15, 0.2) is 0 Å². The second kappa shape index (κ2) is 4.54. The van der Waals surface area contributed by atoms with Crippen LogP contribution < -0.4 is 14.6 Å². The van der Waals surface area contributed by atoms with Gasteiger partial charge in [0.2, 0.25) is 10.0 Å². The molecule has 2 N–H and O–H groups in total. The molecule has 0 heterocycles. The van der Waals surface area contributed by atoms with E-state index in [0.29, 0.717) is 11.3 Å². The van der Waals surface area contributed by atoms with Crippen molar-refractivity contribution in [1.82, 2.24) is 0 Å². The lowest BCUT2D eigenvalue weighted by Gasteiger charge is -2.11. The van der Waals surface area contributed by atoms with Crippen molar-refractivity contribution in [2.75, 3.05) is 14.2 Å². The molecule has 0 atom stereocenters. The molecule has 0 radical (unpaired) electrons. The molecule has 1 aromatic carbocycles. The Balaban J connectivity index is 3.56. The summed E-state index contributed by atoms with van der Waals surface area (Å²) in [5, 5.41) is 5.06. The van der Waals surface area contributed by atoms with Crippen molar-refractivity contribution in [1.29, 1.82) is 0 Å². The normalized spacial score (nSPS) is 10.9. The third-order valence-corrected chi connectivity index (χ3v) is 2.97. The smallest absolute Gasteiger partial charge is 0.241 e. The maximum Gasteiger partial charge on any atom is 0.241 e. The summed E-state index contributed by atoms with van der Waals surface area (Å²) in [7, 11) is -1.05. The molecule has 0 aliphatic carbocycles. The lowest BCUT2D eigenvalue weighted by atomic mass is 10.2. The highest BCUT2D eigenvalue weighted by Crippen LogP contribution is 2.31. The number of sulfonamides is 1. The predicted molar refractivity (Wildman–Crippen MR) is 61.0 cm³/mol. The summed E-state index contributed by atoms with van der Waals surface area (Å²) in [6, 6.07) is 2.82. The molecule has 0 aliphatic rings. The van der Waals surface area contributed by atoms with Gasteiger partial charge >= 0.3 is 0 Å². The summed E-state index contributed by atoms with van der Waals surface area (Å²) in [6.45, 7) is 3.59. The van der Waals surface area contributed by atoms with E-state index in [1.54, 1.807) is 0 Å². The fraction of sp³-hybridized carbons (Fsp3) is 0.200. The minimum Gasteiger partial charge on any atom is -0.496 e. The van der Waals surface area contributed by atoms with Crippen LogP contribution in [0, 0.1) is 0 Å². The minimum absolute atomic E-state index is 0.113. The van der Waals surface area contributed by atoms with E-state index in [1.165, 1.54) is 32.4 Å². The third kappa shape index (κ3) is 2.34. The van der Waals surface area contributed by atoms with Gasteiger partial charge in [-0.05, 0) is 6.07 Å². The molecule has 16 heavy (non-hydrogen) atoms. The molecular formula is C10H13NO4S. The van der Waals surface area contributed by atoms with Gasteiger partial charge in [-0.2, -0.15) is 0 Å². The van der Waals surface area contributed by atoms with E-state index in [2.05, 4.69) is 6.58 Å². The van der Waals surface area contributed by atoms with Gasteiger partial charge in [-0.15, -0.1) is 0 Å². The number of nitrogens with two attached hydrogens (primary N) is 1. The second-order valence-electron chi connectivity index (χ2n) is 2.99. The largest absolute Gasteiger partial charge is 0.496 e. The van der Waals surface area contributed by atoms with E-state index in [-0.39, 0.29) is 10.6 Å². The summed E-state index contributed by atoms with van der Waals surface area (Å²) in [5.41, 5.74) is 0.631. The summed E-state index contributed by atoms with van der Waals surface area (Å²) < 4.78 is 32.6. The summed E-state index contributed by atoms with van der Waals surface area (Å²) in [5.74, 6) is 0.540. The van der Waals surface area contributed by atoms with Crippen LogP contribution in [0.4, 0.5) is 0 Å². The molecule has 0 unspecified atom stereocenters. The average Bonchev–Trinajstić information content (AvgIpc) is 2.25. The average molecular weight is 243 g/mol. The molecule has 0 aromatic heterocycles. The van der Waals surface area contributed by atoms with Crippen LogP contribution in [0.2, 0.25) is 0 Å². The maximum absolute atomic E-state index is 11.3. The van der Waals surface area contributed by atoms with Gasteiger partial charge < -0.3 is 9.47 Å². The molecule has 0 saturated carbocycles. The zero-order valence-corrected chi connectivity index (χ0v) is 9.87. The lowest BCUT2D eigenvalue weighted by Crippen LogP contribution is -2.13. The first-order chi connectivity index (χ1) is 7.43. The van der Waals surface area contributed by atoms with E-state index in [1.807, 2.05) is 0 Å². The van der Waals surface area contributed by atoms with E-state index in [0.717, 1.165) is 0 Å². The van der Waals surface area contributed by atoms with Crippen LogP contribution in [0.25, 0.3) is 6.08 Å². The summed E-state index contributed by atoms with van der Waals surface area (Å²) in [4.78, 5) is -0.113. The van der Waals surface area contributed by atoms with Gasteiger partial charge in [0.1, 0.15) is 16.4 Å². The zero-order chi connectivity index (χ0) is 12.3. The van der Waals surface area contributed by atoms with Gasteiger partial charge in [0.25, 0.3) is 0 Å². The van der Waals surface area contributed by atoms with Crippen molar-refractivity contribution in [3.63, 3.8) is 0 Å². The Morgan fingerprint density at radius 1 is 1.25 bits per heavy atom. The summed E-state index contributed by atoms with van der Waals surface area (Å²) in [6.07, 6.45) is 1.54. The molecule has 0 bridgehead atoms. The zero-order valence-electron chi connectivity index (χ0n) is 9.06. The Bertz CT molecular complexity index is 508. The van der Waals surface area contributed by atoms with Crippen LogP contribution in [0.5, 0.6) is 11.5 Å². The van der Waals surface area contributed by atoms with Gasteiger partial charge in [0.05, 0.1) is 14.2 Å². The van der Waals surface area contributed by atoms with Crippen LogP contribution >= 0.6 is 0 Å². The molecule has 5 nitrogen and oxygen atoms in total. The SMILES string of the molecule is C=Cc1cc(OC)c(S(N)(=O)=O)cc1OC. The molecule has 1 rings (SSSR count). The van der Waals surface area contributed by atoms with E-state index in [9.17, 15) is 8.42 Å². The third-order valence-electron chi connectivity index (χ3n) is 2.04. The van der Waals surface area contributed by atoms with Gasteiger partial charge in [0, 0.05) is 11.6 Å². The van der Waals surface area contributed by atoms with Crippen LogP contribution in [0.15, 0.2) is 23.6 Å². The molecule has 0 saturated heterocycles. The standard InChI is InChI=1S/C10H13NO4S/c1-4-7-5-9(15-3)10(16(11,12)13)6-8(7)14-2/h4-6H,1H2,2-3H3,(H2,11,12,13). The molecule has 0 aliphatic heterocycles. The monoisotopic (exact) mass is 243 g/mol. The fourth-order valence-corrected chi connectivity index (χ4v) is 1.97. The highest BCUT2D eigenvalue weighted by atomic mass is 32.2. The van der Waals surface area contributed by atoms with Gasteiger partial charge in [-0.25, -0.2) is 13.6 Å².